The molecular weight excluding hydrogens is 443 g/mol. The standard InChI is InChI=1S/C17H9BrCl2N4S/c18-11-7-13(19)16(14(20)8-11)25-15-5-6-22-17(24-15)23-12-3-1-10(9-21)2-4-12/h1-8H,(H,22,23,24). The zero-order chi connectivity index (χ0) is 17.8. The minimum absolute atomic E-state index is 0.444. The van der Waals surface area contributed by atoms with E-state index in [0.29, 0.717) is 26.6 Å². The van der Waals surface area contributed by atoms with Gasteiger partial charge in [0.1, 0.15) is 5.03 Å². The summed E-state index contributed by atoms with van der Waals surface area (Å²) in [5.41, 5.74) is 1.39. The summed E-state index contributed by atoms with van der Waals surface area (Å²) >= 11 is 17.2. The molecule has 0 unspecified atom stereocenters. The van der Waals surface area contributed by atoms with Crippen molar-refractivity contribution < 1.29 is 0 Å². The van der Waals surface area contributed by atoms with E-state index in [0.717, 1.165) is 15.1 Å². The van der Waals surface area contributed by atoms with Gasteiger partial charge in [0.05, 0.1) is 26.6 Å². The Hall–Kier alpha value is -1.78. The Labute approximate surface area is 167 Å². The molecule has 0 fully saturated rings. The van der Waals surface area contributed by atoms with E-state index in [1.807, 2.05) is 0 Å². The molecule has 25 heavy (non-hydrogen) atoms. The van der Waals surface area contributed by atoms with Gasteiger partial charge in [-0.2, -0.15) is 5.26 Å². The summed E-state index contributed by atoms with van der Waals surface area (Å²) in [6.07, 6.45) is 1.65. The number of nitriles is 1. The molecule has 0 spiro atoms. The van der Waals surface area contributed by atoms with Crippen molar-refractivity contribution in [3.63, 3.8) is 0 Å². The van der Waals surface area contributed by atoms with Gasteiger partial charge in [0.2, 0.25) is 5.95 Å². The number of hydrogen-bond acceptors (Lipinski definition) is 5. The van der Waals surface area contributed by atoms with Gasteiger partial charge in [-0.15, -0.1) is 0 Å². The molecule has 0 atom stereocenters. The van der Waals surface area contributed by atoms with Crippen molar-refractivity contribution >= 4 is 62.5 Å². The second-order valence-corrected chi connectivity index (χ2v) is 7.59. The summed E-state index contributed by atoms with van der Waals surface area (Å²) in [5, 5.41) is 13.7. The van der Waals surface area contributed by atoms with E-state index in [1.165, 1.54) is 11.8 Å². The van der Waals surface area contributed by atoms with Gasteiger partial charge >= 0.3 is 0 Å². The summed E-state index contributed by atoms with van der Waals surface area (Å²) in [5.74, 6) is 0.444. The largest absolute Gasteiger partial charge is 0.324 e. The Morgan fingerprint density at radius 1 is 1.08 bits per heavy atom. The predicted octanol–water partition coefficient (Wildman–Crippen LogP) is 6.31. The monoisotopic (exact) mass is 450 g/mol. The Morgan fingerprint density at radius 3 is 2.40 bits per heavy atom. The number of rotatable bonds is 4. The van der Waals surface area contributed by atoms with E-state index >= 15 is 0 Å². The van der Waals surface area contributed by atoms with Crippen molar-refractivity contribution in [3.05, 3.63) is 68.7 Å². The Morgan fingerprint density at radius 2 is 1.76 bits per heavy atom. The molecule has 0 saturated carbocycles. The van der Waals surface area contributed by atoms with Crippen molar-refractivity contribution in [2.75, 3.05) is 5.32 Å². The maximum Gasteiger partial charge on any atom is 0.228 e. The highest BCUT2D eigenvalue weighted by Crippen LogP contribution is 2.39. The molecule has 0 aliphatic carbocycles. The minimum Gasteiger partial charge on any atom is -0.324 e. The maximum absolute atomic E-state index is 8.83. The second kappa shape index (κ2) is 8.07. The van der Waals surface area contributed by atoms with Crippen LogP contribution in [0.2, 0.25) is 10.0 Å². The van der Waals surface area contributed by atoms with E-state index in [2.05, 4.69) is 37.3 Å². The van der Waals surface area contributed by atoms with Gasteiger partial charge in [0, 0.05) is 16.4 Å². The third-order valence-corrected chi connectivity index (χ3v) is 5.43. The number of benzene rings is 2. The highest BCUT2D eigenvalue weighted by molar-refractivity contribution is 9.10. The quantitative estimate of drug-likeness (QED) is 0.470. The number of anilines is 2. The van der Waals surface area contributed by atoms with Crippen molar-refractivity contribution in [2.45, 2.75) is 9.92 Å². The maximum atomic E-state index is 8.83. The molecule has 0 amide bonds. The van der Waals surface area contributed by atoms with Gasteiger partial charge < -0.3 is 5.32 Å². The van der Waals surface area contributed by atoms with Crippen LogP contribution in [0.3, 0.4) is 0 Å². The molecule has 1 aromatic heterocycles. The van der Waals surface area contributed by atoms with Crippen LogP contribution in [0, 0.1) is 11.3 Å². The smallest absolute Gasteiger partial charge is 0.228 e. The number of aromatic nitrogens is 2. The number of hydrogen-bond donors (Lipinski definition) is 1. The number of nitrogens with zero attached hydrogens (tertiary/aromatic N) is 3. The molecule has 0 aliphatic rings. The van der Waals surface area contributed by atoms with E-state index in [-0.39, 0.29) is 0 Å². The predicted molar refractivity (Wildman–Crippen MR) is 105 cm³/mol. The lowest BCUT2D eigenvalue weighted by Gasteiger charge is -2.09. The van der Waals surface area contributed by atoms with Crippen LogP contribution in [0.4, 0.5) is 11.6 Å². The van der Waals surface area contributed by atoms with Crippen LogP contribution in [0.15, 0.2) is 63.1 Å². The summed E-state index contributed by atoms with van der Waals surface area (Å²) in [4.78, 5) is 9.39. The van der Waals surface area contributed by atoms with Crippen LogP contribution in [-0.2, 0) is 0 Å². The summed E-state index contributed by atoms with van der Waals surface area (Å²) in [6, 6.07) is 14.5. The lowest BCUT2D eigenvalue weighted by atomic mass is 10.2. The average Bonchev–Trinajstić information content (AvgIpc) is 2.59. The van der Waals surface area contributed by atoms with Crippen molar-refractivity contribution in [1.82, 2.24) is 9.97 Å². The second-order valence-electron chi connectivity index (χ2n) is 4.83. The summed E-state index contributed by atoms with van der Waals surface area (Å²) in [6.45, 7) is 0. The molecule has 3 aromatic rings. The van der Waals surface area contributed by atoms with Crippen LogP contribution in [0.25, 0.3) is 0 Å². The fraction of sp³-hybridized carbons (Fsp3) is 0. The van der Waals surface area contributed by atoms with E-state index < -0.39 is 0 Å². The SMILES string of the molecule is N#Cc1ccc(Nc2nccc(Sc3c(Cl)cc(Br)cc3Cl)n2)cc1. The third kappa shape index (κ3) is 4.65. The first-order valence-electron chi connectivity index (χ1n) is 6.98. The van der Waals surface area contributed by atoms with Crippen molar-refractivity contribution in [2.24, 2.45) is 0 Å². The molecule has 4 nitrogen and oxygen atoms in total. The molecule has 0 saturated heterocycles. The Bertz CT molecular complexity index is 935. The molecule has 3 rings (SSSR count). The highest BCUT2D eigenvalue weighted by Gasteiger charge is 2.11. The molecule has 2 aromatic carbocycles. The average molecular weight is 452 g/mol. The molecular formula is C17H9BrCl2N4S. The topological polar surface area (TPSA) is 61.6 Å². The van der Waals surface area contributed by atoms with Gasteiger partial charge in [0.15, 0.2) is 0 Å². The van der Waals surface area contributed by atoms with E-state index in [9.17, 15) is 0 Å². The number of halogens is 3. The molecule has 124 valence electrons. The van der Waals surface area contributed by atoms with Gasteiger partial charge in [0.25, 0.3) is 0 Å². The van der Waals surface area contributed by atoms with Crippen molar-refractivity contribution in [3.8, 4) is 6.07 Å². The first kappa shape index (κ1) is 18.0. The zero-order valence-electron chi connectivity index (χ0n) is 12.5. The summed E-state index contributed by atoms with van der Waals surface area (Å²) in [7, 11) is 0. The van der Waals surface area contributed by atoms with E-state index in [4.69, 9.17) is 28.5 Å². The molecule has 0 aliphatic heterocycles. The molecule has 8 heteroatoms. The molecule has 0 radical (unpaired) electrons. The van der Waals surface area contributed by atoms with Gasteiger partial charge in [-0.1, -0.05) is 50.9 Å². The molecule has 0 bridgehead atoms. The highest BCUT2D eigenvalue weighted by atomic mass is 79.9. The zero-order valence-corrected chi connectivity index (χ0v) is 16.4. The van der Waals surface area contributed by atoms with Crippen LogP contribution in [-0.4, -0.2) is 9.97 Å². The van der Waals surface area contributed by atoms with Crippen LogP contribution < -0.4 is 5.32 Å². The van der Waals surface area contributed by atoms with Gasteiger partial charge in [-0.05, 0) is 42.5 Å². The lowest BCUT2D eigenvalue weighted by molar-refractivity contribution is 1.05. The van der Waals surface area contributed by atoms with Crippen LogP contribution in [0.5, 0.6) is 0 Å². The third-order valence-electron chi connectivity index (χ3n) is 3.07. The Balaban J connectivity index is 1.81. The van der Waals surface area contributed by atoms with Gasteiger partial charge in [-0.25, -0.2) is 9.97 Å². The Kier molecular flexibility index (Phi) is 5.82. The summed E-state index contributed by atoms with van der Waals surface area (Å²) < 4.78 is 0.817. The van der Waals surface area contributed by atoms with Crippen molar-refractivity contribution in [1.29, 1.82) is 5.26 Å². The number of nitrogens with one attached hydrogen (secondary N) is 1. The van der Waals surface area contributed by atoms with Crippen LogP contribution in [0.1, 0.15) is 5.56 Å². The molecule has 1 heterocycles. The van der Waals surface area contributed by atoms with E-state index in [1.54, 1.807) is 48.7 Å². The first-order chi connectivity index (χ1) is 12.0. The fourth-order valence-corrected chi connectivity index (χ4v) is 4.17. The fourth-order valence-electron chi connectivity index (χ4n) is 1.95. The minimum atomic E-state index is 0.444. The first-order valence-corrected chi connectivity index (χ1v) is 9.34. The molecule has 1 N–H and O–H groups in total. The normalized spacial score (nSPS) is 10.3. The van der Waals surface area contributed by atoms with Crippen LogP contribution >= 0.6 is 50.9 Å². The van der Waals surface area contributed by atoms with Gasteiger partial charge in [-0.3, -0.25) is 0 Å². The lowest BCUT2D eigenvalue weighted by Crippen LogP contribution is -1.97.